The highest BCUT2D eigenvalue weighted by molar-refractivity contribution is 6.44. The molecule has 0 aromatic heterocycles. The molecule has 0 bridgehead atoms. The Morgan fingerprint density at radius 3 is 2.26 bits per heavy atom. The zero-order valence-corrected chi connectivity index (χ0v) is 12.6. The maximum Gasteiger partial charge on any atom is 0.306 e. The average molecular weight is 311 g/mol. The Morgan fingerprint density at radius 2 is 1.68 bits per heavy atom. The van der Waals surface area contributed by atoms with Crippen LogP contribution in [-0.4, -0.2) is 29.5 Å². The molecule has 1 fully saturated rings. The summed E-state index contributed by atoms with van der Waals surface area (Å²) >= 11 is 10.8. The molecule has 0 spiro atoms. The van der Waals surface area contributed by atoms with Crippen LogP contribution in [-0.2, 0) is 19.1 Å². The van der Waals surface area contributed by atoms with Gasteiger partial charge in [-0.3, -0.25) is 9.59 Å². The van der Waals surface area contributed by atoms with Crippen molar-refractivity contribution in [2.45, 2.75) is 56.4 Å². The summed E-state index contributed by atoms with van der Waals surface area (Å²) < 4.78 is 10.1. The first kappa shape index (κ1) is 16.6. The molecule has 0 N–H and O–H groups in total. The van der Waals surface area contributed by atoms with Crippen molar-refractivity contribution in [3.05, 3.63) is 0 Å². The number of ether oxygens (including phenoxy) is 2. The zero-order chi connectivity index (χ0) is 14.3. The molecule has 0 heterocycles. The van der Waals surface area contributed by atoms with Crippen molar-refractivity contribution in [1.82, 2.24) is 0 Å². The van der Waals surface area contributed by atoms with Crippen LogP contribution in [0.4, 0.5) is 0 Å². The van der Waals surface area contributed by atoms with Crippen LogP contribution in [0.1, 0.15) is 45.4 Å². The third-order valence-electron chi connectivity index (χ3n) is 3.16. The molecule has 0 unspecified atom stereocenters. The lowest BCUT2D eigenvalue weighted by Crippen LogP contribution is -2.24. The summed E-state index contributed by atoms with van der Waals surface area (Å²) in [6, 6.07) is 0. The van der Waals surface area contributed by atoms with E-state index in [0.717, 1.165) is 25.7 Å². The maximum atomic E-state index is 11.6. The predicted octanol–water partition coefficient (Wildman–Crippen LogP) is 3.24. The smallest absolute Gasteiger partial charge is 0.306 e. The van der Waals surface area contributed by atoms with Crippen molar-refractivity contribution >= 4 is 35.1 Å². The third-order valence-corrected chi connectivity index (χ3v) is 3.42. The van der Waals surface area contributed by atoms with Crippen LogP contribution >= 0.6 is 23.2 Å². The third kappa shape index (κ3) is 7.63. The van der Waals surface area contributed by atoms with Crippen molar-refractivity contribution < 1.29 is 19.1 Å². The summed E-state index contributed by atoms with van der Waals surface area (Å²) in [6.45, 7) is 2.15. The number of esters is 2. The molecule has 6 heteroatoms. The molecule has 0 radical (unpaired) electrons. The minimum absolute atomic E-state index is 0.00243. The van der Waals surface area contributed by atoms with E-state index in [2.05, 4.69) is 6.92 Å². The molecule has 1 aliphatic carbocycles. The van der Waals surface area contributed by atoms with E-state index in [1.54, 1.807) is 0 Å². The standard InChI is InChI=1S/C13H20Cl2O4/c1-9-2-4-10(5-3-9)19-13(17)7-6-12(16)18-8-11(14)15/h9-11H,2-8H2,1H3. The van der Waals surface area contributed by atoms with E-state index in [1.165, 1.54) is 0 Å². The lowest BCUT2D eigenvalue weighted by molar-refractivity contribution is -0.154. The van der Waals surface area contributed by atoms with Crippen LogP contribution in [0, 0.1) is 5.92 Å². The quantitative estimate of drug-likeness (QED) is 0.558. The van der Waals surface area contributed by atoms with Gasteiger partial charge in [-0.15, -0.1) is 23.2 Å². The van der Waals surface area contributed by atoms with Crippen molar-refractivity contribution in [1.29, 1.82) is 0 Å². The van der Waals surface area contributed by atoms with Gasteiger partial charge in [0.15, 0.2) is 0 Å². The van der Waals surface area contributed by atoms with Crippen LogP contribution in [0.25, 0.3) is 0 Å². The van der Waals surface area contributed by atoms with Crippen LogP contribution in [0.2, 0.25) is 0 Å². The van der Waals surface area contributed by atoms with Gasteiger partial charge in [0.05, 0.1) is 12.8 Å². The Labute approximate surface area is 123 Å². The number of alkyl halides is 2. The molecule has 1 aliphatic rings. The van der Waals surface area contributed by atoms with Crippen molar-refractivity contribution in [3.63, 3.8) is 0 Å². The molecule has 1 rings (SSSR count). The molecule has 0 saturated heterocycles. The van der Waals surface area contributed by atoms with Crippen LogP contribution in [0.3, 0.4) is 0 Å². The molecule has 0 atom stereocenters. The van der Waals surface area contributed by atoms with Gasteiger partial charge in [-0.25, -0.2) is 0 Å². The Balaban J connectivity index is 2.12. The molecular formula is C13H20Cl2O4. The van der Waals surface area contributed by atoms with Crippen LogP contribution < -0.4 is 0 Å². The second kappa shape index (κ2) is 8.64. The summed E-state index contributed by atoms with van der Waals surface area (Å²) in [5.74, 6) is -0.116. The minimum atomic E-state index is -0.736. The number of carbonyl (C=O) groups excluding carboxylic acids is 2. The number of hydrogen-bond donors (Lipinski definition) is 0. The number of rotatable bonds is 6. The first-order chi connectivity index (χ1) is 8.97. The minimum Gasteiger partial charge on any atom is -0.463 e. The van der Waals surface area contributed by atoms with Crippen molar-refractivity contribution in [2.24, 2.45) is 5.92 Å². The summed E-state index contributed by atoms with van der Waals surface area (Å²) in [7, 11) is 0. The average Bonchev–Trinajstić information content (AvgIpc) is 2.36. The van der Waals surface area contributed by atoms with Gasteiger partial charge in [0.1, 0.15) is 17.5 Å². The van der Waals surface area contributed by atoms with Gasteiger partial charge in [0.2, 0.25) is 0 Å². The van der Waals surface area contributed by atoms with E-state index in [-0.39, 0.29) is 31.5 Å². The van der Waals surface area contributed by atoms with Crippen molar-refractivity contribution in [3.8, 4) is 0 Å². The fraction of sp³-hybridized carbons (Fsp3) is 0.846. The summed E-state index contributed by atoms with van der Waals surface area (Å²) in [6.07, 6.45) is 4.06. The van der Waals surface area contributed by atoms with Gasteiger partial charge in [-0.1, -0.05) is 6.92 Å². The fourth-order valence-electron chi connectivity index (χ4n) is 2.02. The Kier molecular flexibility index (Phi) is 7.54. The molecule has 0 aliphatic heterocycles. The van der Waals surface area contributed by atoms with E-state index in [0.29, 0.717) is 5.92 Å². The highest BCUT2D eigenvalue weighted by Crippen LogP contribution is 2.25. The number of carbonyl (C=O) groups is 2. The SMILES string of the molecule is CC1CCC(OC(=O)CCC(=O)OCC(Cl)Cl)CC1. The monoisotopic (exact) mass is 310 g/mol. The summed E-state index contributed by atoms with van der Waals surface area (Å²) in [4.78, 5) is 22.1. The molecular weight excluding hydrogens is 291 g/mol. The molecule has 0 aromatic rings. The normalized spacial score (nSPS) is 23.2. The van der Waals surface area contributed by atoms with Gasteiger partial charge >= 0.3 is 11.9 Å². The lowest BCUT2D eigenvalue weighted by atomic mass is 9.89. The van der Waals surface area contributed by atoms with E-state index in [9.17, 15) is 9.59 Å². The van der Waals surface area contributed by atoms with E-state index in [4.69, 9.17) is 32.7 Å². The second-order valence-electron chi connectivity index (χ2n) is 4.95. The molecule has 0 amide bonds. The number of halogens is 2. The highest BCUT2D eigenvalue weighted by atomic mass is 35.5. The van der Waals surface area contributed by atoms with Crippen LogP contribution in [0.5, 0.6) is 0 Å². The van der Waals surface area contributed by atoms with E-state index in [1.807, 2.05) is 0 Å². The summed E-state index contributed by atoms with van der Waals surface area (Å²) in [5, 5.41) is 0. The lowest BCUT2D eigenvalue weighted by Gasteiger charge is -2.25. The Bertz CT molecular complexity index is 299. The van der Waals surface area contributed by atoms with Crippen LogP contribution in [0.15, 0.2) is 0 Å². The molecule has 4 nitrogen and oxygen atoms in total. The molecule has 110 valence electrons. The molecule has 1 saturated carbocycles. The summed E-state index contributed by atoms with van der Waals surface area (Å²) in [5.41, 5.74) is 0. The molecule has 19 heavy (non-hydrogen) atoms. The van der Waals surface area contributed by atoms with Crippen molar-refractivity contribution in [2.75, 3.05) is 6.61 Å². The van der Waals surface area contributed by atoms with Gasteiger partial charge in [0.25, 0.3) is 0 Å². The maximum absolute atomic E-state index is 11.6. The van der Waals surface area contributed by atoms with Gasteiger partial charge in [-0.2, -0.15) is 0 Å². The van der Waals surface area contributed by atoms with Gasteiger partial charge in [-0.05, 0) is 31.6 Å². The highest BCUT2D eigenvalue weighted by Gasteiger charge is 2.21. The van der Waals surface area contributed by atoms with E-state index >= 15 is 0 Å². The second-order valence-corrected chi connectivity index (χ2v) is 6.22. The van der Waals surface area contributed by atoms with E-state index < -0.39 is 10.8 Å². The topological polar surface area (TPSA) is 52.6 Å². The fourth-order valence-corrected chi connectivity index (χ4v) is 2.15. The first-order valence-electron chi connectivity index (χ1n) is 6.60. The Morgan fingerprint density at radius 1 is 1.11 bits per heavy atom. The predicted molar refractivity (Wildman–Crippen MR) is 73.2 cm³/mol. The number of hydrogen-bond acceptors (Lipinski definition) is 4. The first-order valence-corrected chi connectivity index (χ1v) is 7.48. The van der Waals surface area contributed by atoms with Gasteiger partial charge in [0, 0.05) is 0 Å². The molecule has 0 aromatic carbocycles. The zero-order valence-electron chi connectivity index (χ0n) is 11.1. The largest absolute Gasteiger partial charge is 0.463 e. The Hall–Kier alpha value is -0.480. The van der Waals surface area contributed by atoms with Gasteiger partial charge < -0.3 is 9.47 Å².